The fraction of sp³-hybridized carbons (Fsp3) is 0.632. The lowest BCUT2D eigenvalue weighted by atomic mass is 10.0. The van der Waals surface area contributed by atoms with Crippen LogP contribution in [0.2, 0.25) is 0 Å². The first-order chi connectivity index (χ1) is 13.2. The summed E-state index contributed by atoms with van der Waals surface area (Å²) in [5.41, 5.74) is 2.21. The van der Waals surface area contributed by atoms with Crippen molar-refractivity contribution < 1.29 is 9.26 Å². The topological polar surface area (TPSA) is 79.6 Å². The molecular weight excluding hydrogens is 344 g/mol. The highest BCUT2D eigenvalue weighted by Gasteiger charge is 2.23. The number of ether oxygens (including phenoxy) is 1. The van der Waals surface area contributed by atoms with E-state index in [-0.39, 0.29) is 0 Å². The molecule has 2 fully saturated rings. The number of piperidine rings is 1. The first-order valence-electron chi connectivity index (χ1n) is 9.75. The molecule has 0 aromatic carbocycles. The summed E-state index contributed by atoms with van der Waals surface area (Å²) in [4.78, 5) is 13.8. The van der Waals surface area contributed by atoms with Crippen molar-refractivity contribution in [1.29, 1.82) is 0 Å². The normalized spacial score (nSPS) is 21.4. The highest BCUT2D eigenvalue weighted by atomic mass is 16.5. The van der Waals surface area contributed by atoms with Gasteiger partial charge >= 0.3 is 0 Å². The molecule has 146 valence electrons. The fourth-order valence-electron chi connectivity index (χ4n) is 3.82. The standard InChI is InChI=1S/C19H28N6O2/c1-14-17(15(2)27-23-14)13-24-7-3-4-16(12-24)21-18-5-6-20-19(22-18)25-8-10-26-11-9-25/h5-6,16H,3-4,7-13H2,1-2H3,(H,20,21,22). The van der Waals surface area contributed by atoms with Crippen LogP contribution in [0.4, 0.5) is 11.8 Å². The molecule has 0 amide bonds. The van der Waals surface area contributed by atoms with Gasteiger partial charge in [0.2, 0.25) is 5.95 Å². The van der Waals surface area contributed by atoms with Crippen molar-refractivity contribution in [2.75, 3.05) is 49.6 Å². The van der Waals surface area contributed by atoms with Crippen LogP contribution in [0.5, 0.6) is 0 Å². The second kappa shape index (κ2) is 8.22. The van der Waals surface area contributed by atoms with E-state index >= 15 is 0 Å². The Hall–Kier alpha value is -2.19. The number of aromatic nitrogens is 3. The van der Waals surface area contributed by atoms with Gasteiger partial charge in [-0.3, -0.25) is 4.90 Å². The zero-order valence-corrected chi connectivity index (χ0v) is 16.1. The Kier molecular flexibility index (Phi) is 5.54. The predicted molar refractivity (Wildman–Crippen MR) is 103 cm³/mol. The molecule has 2 aromatic rings. The minimum absolute atomic E-state index is 0.381. The number of anilines is 2. The average molecular weight is 372 g/mol. The van der Waals surface area contributed by atoms with Crippen molar-refractivity contribution in [3.63, 3.8) is 0 Å². The van der Waals surface area contributed by atoms with Gasteiger partial charge < -0.3 is 19.5 Å². The largest absolute Gasteiger partial charge is 0.378 e. The number of nitrogens with one attached hydrogen (secondary N) is 1. The predicted octanol–water partition coefficient (Wildman–Crippen LogP) is 1.99. The molecule has 27 heavy (non-hydrogen) atoms. The van der Waals surface area contributed by atoms with Crippen LogP contribution in [0, 0.1) is 13.8 Å². The monoisotopic (exact) mass is 372 g/mol. The van der Waals surface area contributed by atoms with Crippen molar-refractivity contribution in [2.45, 2.75) is 39.3 Å². The van der Waals surface area contributed by atoms with E-state index in [1.165, 1.54) is 12.0 Å². The van der Waals surface area contributed by atoms with Gasteiger partial charge in [-0.2, -0.15) is 4.98 Å². The van der Waals surface area contributed by atoms with Crippen LogP contribution < -0.4 is 10.2 Å². The molecule has 2 aliphatic rings. The van der Waals surface area contributed by atoms with Crippen molar-refractivity contribution in [3.8, 4) is 0 Å². The number of aryl methyl sites for hydroxylation is 2. The van der Waals surface area contributed by atoms with Crippen LogP contribution in [-0.2, 0) is 11.3 Å². The summed E-state index contributed by atoms with van der Waals surface area (Å²) in [5.74, 6) is 2.61. The van der Waals surface area contributed by atoms with Crippen molar-refractivity contribution in [1.82, 2.24) is 20.0 Å². The van der Waals surface area contributed by atoms with Crippen LogP contribution in [-0.4, -0.2) is 65.5 Å². The molecule has 1 N–H and O–H groups in total. The van der Waals surface area contributed by atoms with E-state index in [0.717, 1.165) is 75.6 Å². The fourth-order valence-corrected chi connectivity index (χ4v) is 3.82. The van der Waals surface area contributed by atoms with Crippen molar-refractivity contribution in [2.24, 2.45) is 0 Å². The number of hydrogen-bond acceptors (Lipinski definition) is 8. The molecule has 4 heterocycles. The van der Waals surface area contributed by atoms with Crippen LogP contribution in [0.15, 0.2) is 16.8 Å². The molecule has 1 atom stereocenters. The zero-order valence-electron chi connectivity index (χ0n) is 16.1. The molecule has 0 spiro atoms. The molecule has 2 saturated heterocycles. The minimum atomic E-state index is 0.381. The Bertz CT molecular complexity index is 739. The van der Waals surface area contributed by atoms with Crippen LogP contribution in [0.3, 0.4) is 0 Å². The number of nitrogens with zero attached hydrogens (tertiary/aromatic N) is 5. The molecule has 0 saturated carbocycles. The van der Waals surface area contributed by atoms with Crippen molar-refractivity contribution in [3.05, 3.63) is 29.3 Å². The summed E-state index contributed by atoms with van der Waals surface area (Å²) in [7, 11) is 0. The molecule has 0 aliphatic carbocycles. The summed E-state index contributed by atoms with van der Waals surface area (Å²) in [6.45, 7) is 10.1. The highest BCUT2D eigenvalue weighted by molar-refractivity contribution is 5.42. The average Bonchev–Trinajstić information content (AvgIpc) is 3.01. The van der Waals surface area contributed by atoms with Crippen LogP contribution >= 0.6 is 0 Å². The first kappa shape index (κ1) is 18.2. The van der Waals surface area contributed by atoms with Gasteiger partial charge in [-0.1, -0.05) is 5.16 Å². The number of likely N-dealkylation sites (tertiary alicyclic amines) is 1. The Morgan fingerprint density at radius 2 is 2.07 bits per heavy atom. The lowest BCUT2D eigenvalue weighted by molar-refractivity contribution is 0.122. The maximum Gasteiger partial charge on any atom is 0.227 e. The van der Waals surface area contributed by atoms with Gasteiger partial charge in [0, 0.05) is 44.0 Å². The lowest BCUT2D eigenvalue weighted by Crippen LogP contribution is -2.42. The number of rotatable bonds is 5. The molecular formula is C19H28N6O2. The third-order valence-electron chi connectivity index (χ3n) is 5.36. The van der Waals surface area contributed by atoms with Crippen LogP contribution in [0.25, 0.3) is 0 Å². The van der Waals surface area contributed by atoms with E-state index in [1.54, 1.807) is 0 Å². The Morgan fingerprint density at radius 1 is 1.22 bits per heavy atom. The van der Waals surface area contributed by atoms with E-state index in [1.807, 2.05) is 26.1 Å². The van der Waals surface area contributed by atoms with E-state index in [4.69, 9.17) is 14.2 Å². The van der Waals surface area contributed by atoms with Gasteiger partial charge in [0.25, 0.3) is 0 Å². The number of morpholine rings is 1. The summed E-state index contributed by atoms with van der Waals surface area (Å²) in [5, 5.41) is 7.68. The van der Waals surface area contributed by atoms with Gasteiger partial charge in [-0.25, -0.2) is 4.98 Å². The lowest BCUT2D eigenvalue weighted by Gasteiger charge is -2.33. The molecule has 8 nitrogen and oxygen atoms in total. The second-order valence-corrected chi connectivity index (χ2v) is 7.36. The van der Waals surface area contributed by atoms with Gasteiger partial charge in [0.15, 0.2) is 0 Å². The second-order valence-electron chi connectivity index (χ2n) is 7.36. The van der Waals surface area contributed by atoms with Gasteiger partial charge in [-0.05, 0) is 39.3 Å². The third-order valence-corrected chi connectivity index (χ3v) is 5.36. The van der Waals surface area contributed by atoms with Gasteiger partial charge in [0.1, 0.15) is 11.6 Å². The zero-order chi connectivity index (χ0) is 18.6. The molecule has 2 aliphatic heterocycles. The summed E-state index contributed by atoms with van der Waals surface area (Å²) < 4.78 is 10.7. The van der Waals surface area contributed by atoms with Crippen molar-refractivity contribution >= 4 is 11.8 Å². The quantitative estimate of drug-likeness (QED) is 0.854. The molecule has 2 aromatic heterocycles. The van der Waals surface area contributed by atoms with E-state index in [0.29, 0.717) is 6.04 Å². The SMILES string of the molecule is Cc1noc(C)c1CN1CCCC(Nc2ccnc(N3CCOCC3)n2)C1. The minimum Gasteiger partial charge on any atom is -0.378 e. The molecule has 0 radical (unpaired) electrons. The maximum absolute atomic E-state index is 5.41. The smallest absolute Gasteiger partial charge is 0.227 e. The molecule has 1 unspecified atom stereocenters. The van der Waals surface area contributed by atoms with Gasteiger partial charge in [0.05, 0.1) is 18.9 Å². The number of hydrogen-bond donors (Lipinski definition) is 1. The highest BCUT2D eigenvalue weighted by Crippen LogP contribution is 2.21. The summed E-state index contributed by atoms with van der Waals surface area (Å²) in [6.07, 6.45) is 4.15. The first-order valence-corrected chi connectivity index (χ1v) is 9.75. The maximum atomic E-state index is 5.41. The molecule has 4 rings (SSSR count). The van der Waals surface area contributed by atoms with E-state index < -0.39 is 0 Å². The van der Waals surface area contributed by atoms with Gasteiger partial charge in [-0.15, -0.1) is 0 Å². The summed E-state index contributed by atoms with van der Waals surface area (Å²) in [6, 6.07) is 2.34. The summed E-state index contributed by atoms with van der Waals surface area (Å²) >= 11 is 0. The van der Waals surface area contributed by atoms with E-state index in [2.05, 4.69) is 25.3 Å². The van der Waals surface area contributed by atoms with E-state index in [9.17, 15) is 0 Å². The Balaban J connectivity index is 1.38. The molecule has 8 heteroatoms. The Labute approximate surface area is 159 Å². The molecule has 0 bridgehead atoms. The van der Waals surface area contributed by atoms with Crippen LogP contribution in [0.1, 0.15) is 29.9 Å². The Morgan fingerprint density at radius 3 is 2.85 bits per heavy atom. The third kappa shape index (κ3) is 4.39.